The number of aliphatic imine (C=N–C) groups is 1. The van der Waals surface area contributed by atoms with E-state index in [4.69, 9.17) is 5.73 Å². The molecular weight excluding hydrogens is 226 g/mol. The summed E-state index contributed by atoms with van der Waals surface area (Å²) in [6.07, 6.45) is 0.442. The van der Waals surface area contributed by atoms with Crippen LogP contribution >= 0.6 is 11.8 Å². The summed E-state index contributed by atoms with van der Waals surface area (Å²) in [7, 11) is 0. The van der Waals surface area contributed by atoms with Crippen LogP contribution in [0.2, 0.25) is 0 Å². The minimum absolute atomic E-state index is 0.282. The summed E-state index contributed by atoms with van der Waals surface area (Å²) >= 11 is 1.76. The highest BCUT2D eigenvalue weighted by atomic mass is 32.2. The van der Waals surface area contributed by atoms with E-state index in [0.717, 1.165) is 11.7 Å². The van der Waals surface area contributed by atoms with Gasteiger partial charge in [0.15, 0.2) is 5.17 Å². The number of carbonyl (C=O) groups excluding carboxylic acids is 1. The zero-order chi connectivity index (χ0) is 12.0. The molecular formula is C10H19N3O2S. The fourth-order valence-electron chi connectivity index (χ4n) is 1.47. The molecule has 1 unspecified atom stereocenters. The molecule has 0 fully saturated rings. The van der Waals surface area contributed by atoms with Crippen LogP contribution in [0.25, 0.3) is 0 Å². The lowest BCUT2D eigenvalue weighted by molar-refractivity contribution is 0.159. The number of hydrogen-bond donors (Lipinski definition) is 2. The number of amides is 1. The van der Waals surface area contributed by atoms with E-state index >= 15 is 0 Å². The van der Waals surface area contributed by atoms with Crippen molar-refractivity contribution in [2.24, 2.45) is 16.6 Å². The van der Waals surface area contributed by atoms with Crippen LogP contribution < -0.4 is 11.1 Å². The second-order valence-corrected chi connectivity index (χ2v) is 5.40. The molecule has 0 spiro atoms. The van der Waals surface area contributed by atoms with E-state index in [0.29, 0.717) is 17.7 Å². The van der Waals surface area contributed by atoms with Crippen molar-refractivity contribution in [3.63, 3.8) is 0 Å². The zero-order valence-corrected chi connectivity index (χ0v) is 10.5. The Bertz CT molecular complexity index is 269. The molecule has 0 saturated heterocycles. The predicted octanol–water partition coefficient (Wildman–Crippen LogP) is 1.19. The normalized spacial score (nSPS) is 19.7. The van der Waals surface area contributed by atoms with Gasteiger partial charge in [-0.05, 0) is 12.3 Å². The van der Waals surface area contributed by atoms with Gasteiger partial charge < -0.3 is 15.8 Å². The van der Waals surface area contributed by atoms with Gasteiger partial charge in [-0.2, -0.15) is 0 Å². The monoisotopic (exact) mass is 245 g/mol. The van der Waals surface area contributed by atoms with Gasteiger partial charge in [0.2, 0.25) is 0 Å². The molecule has 6 heteroatoms. The van der Waals surface area contributed by atoms with Crippen molar-refractivity contribution >= 4 is 23.0 Å². The summed E-state index contributed by atoms with van der Waals surface area (Å²) in [6.45, 7) is 6.15. The van der Waals surface area contributed by atoms with E-state index in [-0.39, 0.29) is 6.61 Å². The fraction of sp³-hybridized carbons (Fsp3) is 0.800. The quantitative estimate of drug-likeness (QED) is 0.713. The van der Waals surface area contributed by atoms with Gasteiger partial charge in [0, 0.05) is 5.25 Å². The fourth-order valence-corrected chi connectivity index (χ4v) is 2.75. The molecule has 0 aromatic rings. The van der Waals surface area contributed by atoms with E-state index in [1.165, 1.54) is 6.42 Å². The average Bonchev–Trinajstić information content (AvgIpc) is 2.59. The molecule has 16 heavy (non-hydrogen) atoms. The zero-order valence-electron chi connectivity index (χ0n) is 9.73. The Balaban J connectivity index is 2.09. The molecule has 0 bridgehead atoms. The first-order valence-electron chi connectivity index (χ1n) is 5.45. The SMILES string of the molecule is CC(C)CC1CN=C(NCCOC(N)=O)S1. The van der Waals surface area contributed by atoms with Crippen molar-refractivity contribution < 1.29 is 9.53 Å². The Labute approximate surface area is 100 Å². The van der Waals surface area contributed by atoms with Crippen LogP contribution in [0.3, 0.4) is 0 Å². The van der Waals surface area contributed by atoms with Crippen molar-refractivity contribution in [1.82, 2.24) is 5.32 Å². The first kappa shape index (κ1) is 13.2. The molecule has 1 aliphatic rings. The lowest BCUT2D eigenvalue weighted by Crippen LogP contribution is -2.26. The minimum Gasteiger partial charge on any atom is -0.448 e. The van der Waals surface area contributed by atoms with Crippen LogP contribution in [0.5, 0.6) is 0 Å². The molecule has 0 aliphatic carbocycles. The first-order valence-corrected chi connectivity index (χ1v) is 6.33. The number of rotatable bonds is 5. The maximum atomic E-state index is 10.3. The summed E-state index contributed by atoms with van der Waals surface area (Å²) in [4.78, 5) is 14.7. The van der Waals surface area contributed by atoms with Gasteiger partial charge in [-0.25, -0.2) is 4.79 Å². The molecule has 1 amide bonds. The maximum absolute atomic E-state index is 10.3. The maximum Gasteiger partial charge on any atom is 0.404 e. The third-order valence-electron chi connectivity index (χ3n) is 2.07. The first-order chi connectivity index (χ1) is 7.58. The highest BCUT2D eigenvalue weighted by Crippen LogP contribution is 2.25. The van der Waals surface area contributed by atoms with E-state index in [2.05, 4.69) is 28.9 Å². The van der Waals surface area contributed by atoms with Crippen molar-refractivity contribution in [3.8, 4) is 0 Å². The molecule has 0 radical (unpaired) electrons. The van der Waals surface area contributed by atoms with Crippen LogP contribution in [0.4, 0.5) is 4.79 Å². The third-order valence-corrected chi connectivity index (χ3v) is 3.25. The molecule has 3 N–H and O–H groups in total. The van der Waals surface area contributed by atoms with Crippen molar-refractivity contribution in [2.45, 2.75) is 25.5 Å². The lowest BCUT2D eigenvalue weighted by Gasteiger charge is -2.11. The van der Waals surface area contributed by atoms with Crippen molar-refractivity contribution in [1.29, 1.82) is 0 Å². The minimum atomic E-state index is -0.736. The van der Waals surface area contributed by atoms with Gasteiger partial charge in [0.25, 0.3) is 0 Å². The molecule has 92 valence electrons. The Hall–Kier alpha value is -0.910. The molecule has 1 aliphatic heterocycles. The van der Waals surface area contributed by atoms with Gasteiger partial charge in [-0.3, -0.25) is 4.99 Å². The van der Waals surface area contributed by atoms with Gasteiger partial charge in [-0.15, -0.1) is 0 Å². The van der Waals surface area contributed by atoms with Crippen LogP contribution in [-0.2, 0) is 4.74 Å². The standard InChI is InChI=1S/C10H19N3O2S/c1-7(2)5-8-6-13-10(16-8)12-3-4-15-9(11)14/h7-8H,3-6H2,1-2H3,(H2,11,14)(H,12,13). The second kappa shape index (κ2) is 6.62. The molecule has 5 nitrogen and oxygen atoms in total. The van der Waals surface area contributed by atoms with Crippen LogP contribution in [0.15, 0.2) is 4.99 Å². The number of nitrogens with one attached hydrogen (secondary N) is 1. The number of thioether (sulfide) groups is 1. The van der Waals surface area contributed by atoms with E-state index in [1.807, 2.05) is 0 Å². The number of primary amides is 1. The smallest absolute Gasteiger partial charge is 0.404 e. The Morgan fingerprint density at radius 1 is 1.75 bits per heavy atom. The number of carbonyl (C=O) groups is 1. The molecule has 0 aromatic heterocycles. The van der Waals surface area contributed by atoms with Crippen LogP contribution in [0.1, 0.15) is 20.3 Å². The van der Waals surface area contributed by atoms with Gasteiger partial charge in [0.1, 0.15) is 6.61 Å². The van der Waals surface area contributed by atoms with Gasteiger partial charge in [-0.1, -0.05) is 25.6 Å². The number of nitrogens with two attached hydrogens (primary N) is 1. The predicted molar refractivity (Wildman–Crippen MR) is 66.7 cm³/mol. The van der Waals surface area contributed by atoms with Crippen molar-refractivity contribution in [3.05, 3.63) is 0 Å². The Morgan fingerprint density at radius 2 is 2.50 bits per heavy atom. The summed E-state index contributed by atoms with van der Waals surface area (Å²) in [5.74, 6) is 0.699. The second-order valence-electron chi connectivity index (χ2n) is 4.11. The molecule has 1 atom stereocenters. The molecule has 1 rings (SSSR count). The van der Waals surface area contributed by atoms with Gasteiger partial charge in [0.05, 0.1) is 13.1 Å². The number of nitrogens with zero attached hydrogens (tertiary/aromatic N) is 1. The van der Waals surface area contributed by atoms with E-state index in [1.54, 1.807) is 11.8 Å². The van der Waals surface area contributed by atoms with E-state index in [9.17, 15) is 4.79 Å². The molecule has 0 saturated carbocycles. The summed E-state index contributed by atoms with van der Waals surface area (Å²) in [6, 6.07) is 0. The number of hydrogen-bond acceptors (Lipinski definition) is 5. The Kier molecular flexibility index (Phi) is 5.45. The number of ether oxygens (including phenoxy) is 1. The highest BCUT2D eigenvalue weighted by Gasteiger charge is 2.19. The highest BCUT2D eigenvalue weighted by molar-refractivity contribution is 8.14. The van der Waals surface area contributed by atoms with Crippen LogP contribution in [-0.4, -0.2) is 36.2 Å². The van der Waals surface area contributed by atoms with Gasteiger partial charge >= 0.3 is 6.09 Å². The lowest BCUT2D eigenvalue weighted by atomic mass is 10.1. The largest absolute Gasteiger partial charge is 0.448 e. The average molecular weight is 245 g/mol. The Morgan fingerprint density at radius 3 is 3.12 bits per heavy atom. The summed E-state index contributed by atoms with van der Waals surface area (Å²) in [5, 5.41) is 4.65. The molecule has 1 heterocycles. The number of amidine groups is 1. The summed E-state index contributed by atoms with van der Waals surface area (Å²) in [5.41, 5.74) is 4.84. The van der Waals surface area contributed by atoms with Crippen molar-refractivity contribution in [2.75, 3.05) is 19.7 Å². The summed E-state index contributed by atoms with van der Waals surface area (Å²) < 4.78 is 4.61. The van der Waals surface area contributed by atoms with E-state index < -0.39 is 6.09 Å². The molecule has 0 aromatic carbocycles. The van der Waals surface area contributed by atoms with Crippen LogP contribution in [0, 0.1) is 5.92 Å². The third kappa shape index (κ3) is 5.25. The topological polar surface area (TPSA) is 76.7 Å².